The molecule has 1 N–H and O–H groups in total. The van der Waals surface area contributed by atoms with Gasteiger partial charge in [-0.15, -0.1) is 0 Å². The molecule has 2 amide bonds. The minimum atomic E-state index is -4.17. The summed E-state index contributed by atoms with van der Waals surface area (Å²) < 4.78 is 47.8. The maximum Gasteiger partial charge on any atom is 0.304 e. The van der Waals surface area contributed by atoms with Gasteiger partial charge in [-0.1, -0.05) is 49.4 Å². The molecular weight excluding hydrogens is 559 g/mol. The van der Waals surface area contributed by atoms with Crippen molar-refractivity contribution >= 4 is 27.7 Å². The molecule has 0 radical (unpaired) electrons. The molecule has 9 nitrogen and oxygen atoms in total. The average Bonchev–Trinajstić information content (AvgIpc) is 2.98. The highest BCUT2D eigenvalue weighted by molar-refractivity contribution is 7.90. The fourth-order valence-electron chi connectivity index (χ4n) is 4.29. The first-order chi connectivity index (χ1) is 20.0. The van der Waals surface area contributed by atoms with Crippen LogP contribution in [0.25, 0.3) is 0 Å². The summed E-state index contributed by atoms with van der Waals surface area (Å²) in [6.45, 7) is 3.23. The van der Waals surface area contributed by atoms with E-state index in [0.717, 1.165) is 26.3 Å². The van der Waals surface area contributed by atoms with Crippen molar-refractivity contribution in [2.75, 3.05) is 32.1 Å². The van der Waals surface area contributed by atoms with Crippen LogP contribution >= 0.6 is 0 Å². The Hall–Kier alpha value is -3.96. The second-order valence-electron chi connectivity index (χ2n) is 10.2. The maximum absolute atomic E-state index is 14.2. The summed E-state index contributed by atoms with van der Waals surface area (Å²) in [5.74, 6) is -0.927. The van der Waals surface area contributed by atoms with E-state index in [0.29, 0.717) is 17.7 Å². The summed E-state index contributed by atoms with van der Waals surface area (Å²) in [7, 11) is 0.0643. The van der Waals surface area contributed by atoms with Gasteiger partial charge in [-0.25, -0.2) is 8.70 Å². The number of hydrogen-bond acceptors (Lipinski definition) is 5. The summed E-state index contributed by atoms with van der Waals surface area (Å²) >= 11 is 0. The zero-order valence-electron chi connectivity index (χ0n) is 24.7. The van der Waals surface area contributed by atoms with Crippen molar-refractivity contribution in [3.8, 4) is 5.75 Å². The number of ether oxygens (including phenoxy) is 1. The molecule has 0 bridgehead atoms. The minimum absolute atomic E-state index is 0.0146. The molecule has 11 heteroatoms. The van der Waals surface area contributed by atoms with Crippen molar-refractivity contribution in [2.45, 2.75) is 45.3 Å². The van der Waals surface area contributed by atoms with Gasteiger partial charge < -0.3 is 15.0 Å². The van der Waals surface area contributed by atoms with Gasteiger partial charge in [-0.2, -0.15) is 12.7 Å². The molecule has 3 aromatic carbocycles. The summed E-state index contributed by atoms with van der Waals surface area (Å²) in [6.07, 6.45) is 0.892. The molecule has 0 fully saturated rings. The predicted octanol–water partition coefficient (Wildman–Crippen LogP) is 4.00. The van der Waals surface area contributed by atoms with E-state index in [1.807, 2.05) is 50.2 Å². The second kappa shape index (κ2) is 14.8. The van der Waals surface area contributed by atoms with Gasteiger partial charge in [0.05, 0.1) is 12.8 Å². The van der Waals surface area contributed by atoms with Crippen LogP contribution in [0.15, 0.2) is 78.9 Å². The third kappa shape index (κ3) is 8.53. The lowest BCUT2D eigenvalue weighted by Gasteiger charge is -2.35. The molecule has 226 valence electrons. The number of anilines is 1. The van der Waals surface area contributed by atoms with Crippen molar-refractivity contribution in [3.63, 3.8) is 0 Å². The van der Waals surface area contributed by atoms with Gasteiger partial charge in [0.25, 0.3) is 0 Å². The van der Waals surface area contributed by atoms with E-state index in [1.54, 1.807) is 18.2 Å². The highest BCUT2D eigenvalue weighted by Gasteiger charge is 2.35. The summed E-state index contributed by atoms with van der Waals surface area (Å²) in [4.78, 5) is 29.4. The Morgan fingerprint density at radius 3 is 2.19 bits per heavy atom. The highest BCUT2D eigenvalue weighted by atomic mass is 32.2. The number of rotatable bonds is 14. The monoisotopic (exact) mass is 598 g/mol. The average molecular weight is 599 g/mol. The topological polar surface area (TPSA) is 99.3 Å². The number of halogens is 1. The SMILES string of the molecule is CC[C@@H](C)NC(=O)[C@H](Cc1ccccc1)N(Cc1cccc(OC)c1)C(=O)CN(c1ccc(F)cc1)S(=O)(=O)N(C)C. The van der Waals surface area contributed by atoms with Crippen LogP contribution in [0.2, 0.25) is 0 Å². The number of carbonyl (C=O) groups is 2. The Morgan fingerprint density at radius 2 is 1.60 bits per heavy atom. The molecule has 42 heavy (non-hydrogen) atoms. The fraction of sp³-hybridized carbons (Fsp3) is 0.355. The first-order valence-corrected chi connectivity index (χ1v) is 15.1. The molecule has 0 unspecified atom stereocenters. The van der Waals surface area contributed by atoms with E-state index < -0.39 is 34.5 Å². The third-order valence-corrected chi connectivity index (χ3v) is 8.71. The second-order valence-corrected chi connectivity index (χ2v) is 12.2. The molecule has 0 aliphatic heterocycles. The Morgan fingerprint density at radius 1 is 0.952 bits per heavy atom. The van der Waals surface area contributed by atoms with Gasteiger partial charge in [-0.05, 0) is 60.9 Å². The lowest BCUT2D eigenvalue weighted by Crippen LogP contribution is -2.55. The van der Waals surface area contributed by atoms with Crippen LogP contribution < -0.4 is 14.4 Å². The van der Waals surface area contributed by atoms with Gasteiger partial charge in [-0.3, -0.25) is 9.59 Å². The molecule has 0 saturated carbocycles. The molecule has 3 aromatic rings. The third-order valence-electron chi connectivity index (χ3n) is 6.89. The molecule has 0 aliphatic rings. The van der Waals surface area contributed by atoms with E-state index in [1.165, 1.54) is 38.2 Å². The molecule has 0 aromatic heterocycles. The van der Waals surface area contributed by atoms with Gasteiger partial charge in [0.1, 0.15) is 24.2 Å². The number of methoxy groups -OCH3 is 1. The van der Waals surface area contributed by atoms with Crippen LogP contribution in [0.3, 0.4) is 0 Å². The van der Waals surface area contributed by atoms with Gasteiger partial charge >= 0.3 is 10.2 Å². The minimum Gasteiger partial charge on any atom is -0.497 e. The predicted molar refractivity (Wildman–Crippen MR) is 162 cm³/mol. The Bertz CT molecular complexity index is 1440. The number of nitrogens with zero attached hydrogens (tertiary/aromatic N) is 3. The fourth-order valence-corrected chi connectivity index (χ4v) is 5.34. The lowest BCUT2D eigenvalue weighted by atomic mass is 10.0. The molecule has 0 saturated heterocycles. The van der Waals surface area contributed by atoms with Crippen molar-refractivity contribution in [3.05, 3.63) is 95.8 Å². The number of nitrogens with one attached hydrogen (secondary N) is 1. The maximum atomic E-state index is 14.2. The van der Waals surface area contributed by atoms with E-state index in [-0.39, 0.29) is 30.6 Å². The van der Waals surface area contributed by atoms with Crippen molar-refractivity contribution in [2.24, 2.45) is 0 Å². The normalized spacial score (nSPS) is 12.8. The molecule has 0 aliphatic carbocycles. The smallest absolute Gasteiger partial charge is 0.304 e. The summed E-state index contributed by atoms with van der Waals surface area (Å²) in [5.41, 5.74) is 1.64. The zero-order valence-corrected chi connectivity index (χ0v) is 25.5. The largest absolute Gasteiger partial charge is 0.497 e. The van der Waals surface area contributed by atoms with Crippen LogP contribution in [0.1, 0.15) is 31.4 Å². The van der Waals surface area contributed by atoms with Crippen molar-refractivity contribution in [1.29, 1.82) is 0 Å². The molecule has 0 spiro atoms. The quantitative estimate of drug-likeness (QED) is 0.303. The zero-order chi connectivity index (χ0) is 30.9. The molecule has 3 rings (SSSR count). The first kappa shape index (κ1) is 32.6. The lowest BCUT2D eigenvalue weighted by molar-refractivity contribution is -0.140. The number of benzene rings is 3. The molecular formula is C31H39FN4O5S. The molecule has 0 heterocycles. The van der Waals surface area contributed by atoms with E-state index in [2.05, 4.69) is 5.32 Å². The van der Waals surface area contributed by atoms with E-state index >= 15 is 0 Å². The Labute approximate surface area is 248 Å². The van der Waals surface area contributed by atoms with Gasteiger partial charge in [0.15, 0.2) is 0 Å². The van der Waals surface area contributed by atoms with Gasteiger partial charge in [0.2, 0.25) is 11.8 Å². The van der Waals surface area contributed by atoms with Crippen LogP contribution in [0, 0.1) is 5.82 Å². The standard InChI is InChI=1S/C31H39FN4O5S/c1-6-23(2)33-31(38)29(20-24-11-8-7-9-12-24)35(21-25-13-10-14-28(19-25)41-5)30(37)22-36(42(39,40)34(3)4)27-17-15-26(32)16-18-27/h7-19,23,29H,6,20-22H2,1-5H3,(H,33,38)/t23-,29+/m1/s1. The van der Waals surface area contributed by atoms with Crippen LogP contribution in [0.5, 0.6) is 5.75 Å². The van der Waals surface area contributed by atoms with Crippen molar-refractivity contribution in [1.82, 2.24) is 14.5 Å². The van der Waals surface area contributed by atoms with Crippen LogP contribution in [-0.4, -0.2) is 69.3 Å². The first-order valence-electron chi connectivity index (χ1n) is 13.7. The van der Waals surface area contributed by atoms with Crippen molar-refractivity contribution < 1.29 is 27.1 Å². The number of amides is 2. The Balaban J connectivity index is 2.11. The van der Waals surface area contributed by atoms with E-state index in [4.69, 9.17) is 4.74 Å². The number of carbonyl (C=O) groups excluding carboxylic acids is 2. The Kier molecular flexibility index (Phi) is 11.5. The molecule has 2 atom stereocenters. The van der Waals surface area contributed by atoms with Gasteiger partial charge in [0, 0.05) is 33.1 Å². The van der Waals surface area contributed by atoms with Crippen LogP contribution in [-0.2, 0) is 32.8 Å². The number of hydrogen-bond donors (Lipinski definition) is 1. The highest BCUT2D eigenvalue weighted by Crippen LogP contribution is 2.23. The van der Waals surface area contributed by atoms with Crippen LogP contribution in [0.4, 0.5) is 10.1 Å². The van der Waals surface area contributed by atoms with E-state index in [9.17, 15) is 22.4 Å². The summed E-state index contributed by atoms with van der Waals surface area (Å²) in [6, 6.07) is 20.2. The summed E-state index contributed by atoms with van der Waals surface area (Å²) in [5, 5.41) is 2.99.